The fraction of sp³-hybridized carbons (Fsp3) is 0.362. The number of halogens is 2. The van der Waals surface area contributed by atoms with E-state index >= 15 is 0 Å². The van der Waals surface area contributed by atoms with E-state index in [-0.39, 0.29) is 11.8 Å². The lowest BCUT2D eigenvalue weighted by molar-refractivity contribution is 0.101. The first-order chi connectivity index (χ1) is 27.2. The minimum atomic E-state index is -0.853. The molecule has 6 rings (SSSR count). The van der Waals surface area contributed by atoms with Crippen molar-refractivity contribution < 1.29 is 27.8 Å². The molecule has 0 aliphatic carbocycles. The summed E-state index contributed by atoms with van der Waals surface area (Å²) >= 11 is 0. The zero-order chi connectivity index (χ0) is 39.8. The Bertz CT molecular complexity index is 2150. The molecule has 1 fully saturated rings. The molecule has 0 N–H and O–H groups in total. The molecular weight excluding hydrogens is 709 g/mol. The van der Waals surface area contributed by atoms with Gasteiger partial charge in [-0.25, -0.2) is 8.78 Å². The van der Waals surface area contributed by atoms with Crippen LogP contribution in [0.5, 0.6) is 17.2 Å². The highest BCUT2D eigenvalue weighted by Crippen LogP contribution is 2.38. The predicted molar refractivity (Wildman–Crippen MR) is 220 cm³/mol. The average Bonchev–Trinajstić information content (AvgIpc) is 3.21. The molecule has 1 aromatic heterocycles. The van der Waals surface area contributed by atoms with Crippen LogP contribution in [-0.2, 0) is 25.9 Å². The molecule has 0 unspecified atom stereocenters. The predicted octanol–water partition coefficient (Wildman–Crippen LogP) is 10.5. The van der Waals surface area contributed by atoms with E-state index in [1.54, 1.807) is 34.3 Å². The van der Waals surface area contributed by atoms with Gasteiger partial charge in [0.2, 0.25) is 0 Å². The molecule has 1 aliphatic heterocycles. The minimum absolute atomic E-state index is 0.00545. The Morgan fingerprint density at radius 1 is 0.768 bits per heavy atom. The van der Waals surface area contributed by atoms with Crippen molar-refractivity contribution in [3.8, 4) is 39.6 Å². The molecule has 0 spiro atoms. The van der Waals surface area contributed by atoms with E-state index in [1.165, 1.54) is 12.1 Å². The first kappa shape index (κ1) is 40.4. The number of carbonyl (C=O) groups is 1. The Morgan fingerprint density at radius 3 is 2.16 bits per heavy atom. The third kappa shape index (κ3) is 9.22. The van der Waals surface area contributed by atoms with Crippen LogP contribution in [0.4, 0.5) is 14.5 Å². The van der Waals surface area contributed by atoms with Gasteiger partial charge in [-0.15, -0.1) is 0 Å². The molecule has 7 nitrogen and oxygen atoms in total. The molecule has 56 heavy (non-hydrogen) atoms. The summed E-state index contributed by atoms with van der Waals surface area (Å²) in [5.74, 6) is 0.323. The highest BCUT2D eigenvalue weighted by Gasteiger charge is 2.27. The fourth-order valence-corrected chi connectivity index (χ4v) is 8.03. The molecule has 5 aromatic rings. The number of ether oxygens (including phenoxy) is 3. The molecule has 0 atom stereocenters. The number of nitrogens with zero attached hydrogens (tertiary/aromatic N) is 3. The second-order valence-corrected chi connectivity index (χ2v) is 14.6. The Morgan fingerprint density at radius 2 is 1.48 bits per heavy atom. The maximum Gasteiger partial charge on any atom is 0.163 e. The summed E-state index contributed by atoms with van der Waals surface area (Å²) in [6.07, 6.45) is 7.08. The van der Waals surface area contributed by atoms with Gasteiger partial charge in [0, 0.05) is 55.7 Å². The Kier molecular flexibility index (Phi) is 13.4. The Hall–Kier alpha value is -5.28. The second kappa shape index (κ2) is 18.6. The number of piperidine rings is 1. The van der Waals surface area contributed by atoms with E-state index in [9.17, 15) is 13.6 Å². The Labute approximate surface area is 330 Å². The van der Waals surface area contributed by atoms with E-state index in [4.69, 9.17) is 19.2 Å². The summed E-state index contributed by atoms with van der Waals surface area (Å²) in [7, 11) is 4.93. The third-order valence-electron chi connectivity index (χ3n) is 10.7. The number of carbonyl (C=O) groups excluding carboxylic acids is 1. The lowest BCUT2D eigenvalue weighted by Crippen LogP contribution is -2.44. The van der Waals surface area contributed by atoms with E-state index in [0.717, 1.165) is 109 Å². The summed E-state index contributed by atoms with van der Waals surface area (Å²) < 4.78 is 46.0. The molecule has 0 radical (unpaired) electrons. The molecule has 1 aliphatic rings. The molecule has 2 heterocycles. The number of benzene rings is 4. The van der Waals surface area contributed by atoms with Crippen LogP contribution in [0.1, 0.15) is 79.1 Å². The second-order valence-electron chi connectivity index (χ2n) is 14.6. The number of aromatic nitrogens is 1. The highest BCUT2D eigenvalue weighted by atomic mass is 19.2. The van der Waals surface area contributed by atoms with Crippen LogP contribution in [-0.4, -0.2) is 56.1 Å². The normalized spacial score (nSPS) is 13.4. The zero-order valence-electron chi connectivity index (χ0n) is 33.5. The topological polar surface area (TPSA) is 64.1 Å². The minimum Gasteiger partial charge on any atom is -0.496 e. The van der Waals surface area contributed by atoms with Crippen LogP contribution < -0.4 is 19.1 Å². The van der Waals surface area contributed by atoms with Crippen LogP contribution in [0.2, 0.25) is 0 Å². The van der Waals surface area contributed by atoms with Gasteiger partial charge in [-0.2, -0.15) is 0 Å². The fourth-order valence-electron chi connectivity index (χ4n) is 8.03. The molecule has 0 saturated carbocycles. The summed E-state index contributed by atoms with van der Waals surface area (Å²) in [4.78, 5) is 21.9. The largest absolute Gasteiger partial charge is 0.496 e. The van der Waals surface area contributed by atoms with Crippen LogP contribution in [0.25, 0.3) is 22.4 Å². The third-order valence-corrected chi connectivity index (χ3v) is 10.7. The van der Waals surface area contributed by atoms with Crippen molar-refractivity contribution >= 4 is 11.5 Å². The van der Waals surface area contributed by atoms with Gasteiger partial charge in [-0.05, 0) is 121 Å². The summed E-state index contributed by atoms with van der Waals surface area (Å²) in [6, 6.07) is 25.1. The quantitative estimate of drug-likeness (QED) is 0.0928. The number of Topliss-reactive ketones (excluding diaryl/α,β-unsaturated/α-hetero) is 1. The van der Waals surface area contributed by atoms with Crippen molar-refractivity contribution in [3.63, 3.8) is 0 Å². The summed E-state index contributed by atoms with van der Waals surface area (Å²) in [5, 5.41) is 0. The zero-order valence-corrected chi connectivity index (χ0v) is 33.5. The molecule has 294 valence electrons. The molecular formula is C47H53F2N3O4. The smallest absolute Gasteiger partial charge is 0.163 e. The van der Waals surface area contributed by atoms with Gasteiger partial charge in [-0.1, -0.05) is 44.9 Å². The van der Waals surface area contributed by atoms with Crippen molar-refractivity contribution in [2.45, 2.75) is 78.4 Å². The van der Waals surface area contributed by atoms with Crippen molar-refractivity contribution in [1.82, 2.24) is 9.88 Å². The average molecular weight is 762 g/mol. The maximum atomic E-state index is 14.7. The standard InChI is InChI=1S/C47H53F2N3O4/c1-7-10-35-24-38(27-44(54-4)46(35)31(3)53)43-23-33(16-19-50-43)29-51-20-17-39(18-21-51)52(40-14-15-41(48)42(49)28-40)30-32-12-9-13-34(22-32)37-25-36(11-8-2)47(56-6)45(26-37)55-5/h9,12-16,19,22-28,39H,7-8,10-11,17-18,20-21,29-30H2,1-6H3. The van der Waals surface area contributed by atoms with Gasteiger partial charge < -0.3 is 19.1 Å². The van der Waals surface area contributed by atoms with E-state index in [2.05, 4.69) is 60.0 Å². The van der Waals surface area contributed by atoms with Crippen molar-refractivity contribution in [2.75, 3.05) is 39.3 Å². The van der Waals surface area contributed by atoms with E-state index < -0.39 is 11.6 Å². The van der Waals surface area contributed by atoms with Crippen LogP contribution in [0.3, 0.4) is 0 Å². The van der Waals surface area contributed by atoms with Crippen LogP contribution >= 0.6 is 0 Å². The lowest BCUT2D eigenvalue weighted by Gasteiger charge is -2.40. The number of likely N-dealkylation sites (tertiary alicyclic amines) is 1. The number of methoxy groups -OCH3 is 3. The van der Waals surface area contributed by atoms with E-state index in [1.807, 2.05) is 30.5 Å². The number of ketones is 1. The summed E-state index contributed by atoms with van der Waals surface area (Å²) in [5.41, 5.74) is 9.44. The van der Waals surface area contributed by atoms with E-state index in [0.29, 0.717) is 29.3 Å². The van der Waals surface area contributed by atoms with Crippen LogP contribution in [0.15, 0.2) is 85.1 Å². The van der Waals surface area contributed by atoms with Crippen molar-refractivity contribution in [3.05, 3.63) is 125 Å². The number of anilines is 1. The monoisotopic (exact) mass is 761 g/mol. The SMILES string of the molecule is CCCc1cc(-c2cccc(CN(c3ccc(F)c(F)c3)C3CCN(Cc4ccnc(-c5cc(CCC)c(C(C)=O)c(OC)c5)c4)CC3)c2)cc(OC)c1OC. The molecule has 0 amide bonds. The Balaban J connectivity index is 1.21. The number of rotatable bonds is 16. The number of hydrogen-bond acceptors (Lipinski definition) is 7. The van der Waals surface area contributed by atoms with Gasteiger partial charge in [0.15, 0.2) is 28.9 Å². The number of pyridine rings is 1. The van der Waals surface area contributed by atoms with Crippen molar-refractivity contribution in [1.29, 1.82) is 0 Å². The van der Waals surface area contributed by atoms with Gasteiger partial charge in [0.1, 0.15) is 5.75 Å². The van der Waals surface area contributed by atoms with Gasteiger partial charge in [-0.3, -0.25) is 14.7 Å². The maximum absolute atomic E-state index is 14.7. The van der Waals surface area contributed by atoms with Gasteiger partial charge in [0.05, 0.1) is 32.6 Å². The van der Waals surface area contributed by atoms with Gasteiger partial charge >= 0.3 is 0 Å². The molecule has 4 aromatic carbocycles. The number of hydrogen-bond donors (Lipinski definition) is 0. The number of aryl methyl sites for hydroxylation is 2. The molecule has 9 heteroatoms. The summed E-state index contributed by atoms with van der Waals surface area (Å²) in [6.45, 7) is 8.81. The highest BCUT2D eigenvalue weighted by molar-refractivity contribution is 5.99. The first-order valence-electron chi connectivity index (χ1n) is 19.6. The molecule has 1 saturated heterocycles. The first-order valence-corrected chi connectivity index (χ1v) is 19.6. The van der Waals surface area contributed by atoms with Gasteiger partial charge in [0.25, 0.3) is 0 Å². The molecule has 0 bridgehead atoms. The lowest BCUT2D eigenvalue weighted by atomic mass is 9.95. The van der Waals surface area contributed by atoms with Crippen LogP contribution in [0, 0.1) is 11.6 Å². The van der Waals surface area contributed by atoms with Crippen molar-refractivity contribution in [2.24, 2.45) is 0 Å².